The fourth-order valence-electron chi connectivity index (χ4n) is 2.99. The zero-order valence-electron chi connectivity index (χ0n) is 15.9. The van der Waals surface area contributed by atoms with Gasteiger partial charge in [0.1, 0.15) is 0 Å². The van der Waals surface area contributed by atoms with Crippen LogP contribution in [0.15, 0.2) is 53.4 Å². The lowest BCUT2D eigenvalue weighted by Crippen LogP contribution is -2.32. The van der Waals surface area contributed by atoms with Gasteiger partial charge in [0.2, 0.25) is 0 Å². The summed E-state index contributed by atoms with van der Waals surface area (Å²) >= 11 is 0. The summed E-state index contributed by atoms with van der Waals surface area (Å²) in [5.74, 6) is -1.04. The molecule has 0 aromatic heterocycles. The van der Waals surface area contributed by atoms with Crippen molar-refractivity contribution in [3.8, 4) is 0 Å². The first-order valence-electron chi connectivity index (χ1n) is 9.11. The molecule has 1 amide bonds. The molecule has 1 aliphatic heterocycles. The van der Waals surface area contributed by atoms with E-state index in [0.717, 1.165) is 12.8 Å². The average Bonchev–Trinajstić information content (AvgIpc) is 3.25. The van der Waals surface area contributed by atoms with E-state index in [1.54, 1.807) is 12.1 Å². The number of hydrogen-bond donors (Lipinski definition) is 2. The molecule has 29 heavy (non-hydrogen) atoms. The number of esters is 1. The van der Waals surface area contributed by atoms with Crippen LogP contribution in [-0.4, -0.2) is 46.7 Å². The van der Waals surface area contributed by atoms with Crippen molar-refractivity contribution in [2.24, 2.45) is 0 Å². The van der Waals surface area contributed by atoms with Gasteiger partial charge in [0.15, 0.2) is 0 Å². The zero-order valence-corrected chi connectivity index (χ0v) is 16.7. The van der Waals surface area contributed by atoms with Gasteiger partial charge < -0.3 is 14.8 Å². The SMILES string of the molecule is COC(=O)c1cccc(S(=O)(=O)Nc2ccccc2C(=O)NC[C@H]2CCCO2)c1. The Morgan fingerprint density at radius 3 is 2.69 bits per heavy atom. The molecule has 154 valence electrons. The highest BCUT2D eigenvalue weighted by Crippen LogP contribution is 2.21. The maximum absolute atomic E-state index is 12.8. The Morgan fingerprint density at radius 1 is 1.17 bits per heavy atom. The van der Waals surface area contributed by atoms with Crippen LogP contribution in [0.5, 0.6) is 0 Å². The van der Waals surface area contributed by atoms with Gasteiger partial charge >= 0.3 is 5.97 Å². The quantitative estimate of drug-likeness (QED) is 0.667. The second-order valence-corrected chi connectivity index (χ2v) is 8.20. The fraction of sp³-hybridized carbons (Fsp3) is 0.300. The van der Waals surface area contributed by atoms with Crippen LogP contribution in [0.25, 0.3) is 0 Å². The van der Waals surface area contributed by atoms with E-state index < -0.39 is 21.9 Å². The smallest absolute Gasteiger partial charge is 0.337 e. The Morgan fingerprint density at radius 2 is 1.97 bits per heavy atom. The number of benzene rings is 2. The van der Waals surface area contributed by atoms with Crippen LogP contribution in [0.3, 0.4) is 0 Å². The van der Waals surface area contributed by atoms with Crippen molar-refractivity contribution in [3.05, 3.63) is 59.7 Å². The van der Waals surface area contributed by atoms with Crippen LogP contribution < -0.4 is 10.0 Å². The van der Waals surface area contributed by atoms with Crippen molar-refractivity contribution in [2.75, 3.05) is 25.0 Å². The number of carbonyl (C=O) groups is 2. The summed E-state index contributed by atoms with van der Waals surface area (Å²) in [5.41, 5.74) is 0.442. The molecule has 1 atom stereocenters. The summed E-state index contributed by atoms with van der Waals surface area (Å²) in [5, 5.41) is 2.78. The molecule has 9 heteroatoms. The van der Waals surface area contributed by atoms with E-state index in [2.05, 4.69) is 14.8 Å². The number of sulfonamides is 1. The van der Waals surface area contributed by atoms with Gasteiger partial charge in [-0.2, -0.15) is 0 Å². The van der Waals surface area contributed by atoms with E-state index >= 15 is 0 Å². The van der Waals surface area contributed by atoms with Crippen molar-refractivity contribution < 1.29 is 27.5 Å². The normalized spacial score (nSPS) is 16.2. The number of rotatable bonds is 7. The molecule has 1 aliphatic rings. The van der Waals surface area contributed by atoms with Crippen molar-refractivity contribution in [1.82, 2.24) is 5.32 Å². The number of nitrogens with one attached hydrogen (secondary N) is 2. The van der Waals surface area contributed by atoms with Gasteiger partial charge in [-0.3, -0.25) is 9.52 Å². The first-order valence-corrected chi connectivity index (χ1v) is 10.6. The molecule has 2 aromatic rings. The molecular weight excluding hydrogens is 396 g/mol. The van der Waals surface area contributed by atoms with Crippen LogP contribution in [-0.2, 0) is 19.5 Å². The molecule has 0 saturated carbocycles. The van der Waals surface area contributed by atoms with E-state index in [4.69, 9.17) is 4.74 Å². The lowest BCUT2D eigenvalue weighted by molar-refractivity contribution is 0.0600. The van der Waals surface area contributed by atoms with E-state index in [1.807, 2.05) is 0 Å². The maximum Gasteiger partial charge on any atom is 0.337 e. The Kier molecular flexibility index (Phi) is 6.50. The summed E-state index contributed by atoms with van der Waals surface area (Å²) in [4.78, 5) is 24.1. The minimum Gasteiger partial charge on any atom is -0.465 e. The summed E-state index contributed by atoms with van der Waals surface area (Å²) in [6.07, 6.45) is 1.82. The molecule has 3 rings (SSSR count). The molecule has 0 radical (unpaired) electrons. The summed E-state index contributed by atoms with van der Waals surface area (Å²) < 4.78 is 38.1. The first kappa shape index (κ1) is 20.8. The summed E-state index contributed by atoms with van der Waals surface area (Å²) in [6.45, 7) is 1.04. The van der Waals surface area contributed by atoms with Gasteiger partial charge in [0.05, 0.1) is 34.9 Å². The predicted molar refractivity (Wildman–Crippen MR) is 106 cm³/mol. The van der Waals surface area contributed by atoms with Gasteiger partial charge in [-0.1, -0.05) is 18.2 Å². The third kappa shape index (κ3) is 5.12. The van der Waals surface area contributed by atoms with E-state index in [1.165, 1.54) is 43.5 Å². The molecule has 1 fully saturated rings. The Hall–Kier alpha value is -2.91. The largest absolute Gasteiger partial charge is 0.465 e. The predicted octanol–water partition coefficient (Wildman–Crippen LogP) is 2.18. The fourth-order valence-corrected chi connectivity index (χ4v) is 4.11. The number of ether oxygens (including phenoxy) is 2. The van der Waals surface area contributed by atoms with Gasteiger partial charge in [0.25, 0.3) is 15.9 Å². The third-order valence-electron chi connectivity index (χ3n) is 4.50. The molecule has 1 saturated heterocycles. The molecule has 2 N–H and O–H groups in total. The minimum absolute atomic E-state index is 0.0242. The highest BCUT2D eigenvalue weighted by Gasteiger charge is 2.21. The second kappa shape index (κ2) is 9.06. The van der Waals surface area contributed by atoms with Gasteiger partial charge in [-0.25, -0.2) is 13.2 Å². The third-order valence-corrected chi connectivity index (χ3v) is 5.86. The summed E-state index contributed by atoms with van der Waals surface area (Å²) in [7, 11) is -2.81. The Labute approximate surface area is 169 Å². The number of anilines is 1. The van der Waals surface area contributed by atoms with Gasteiger partial charge in [0, 0.05) is 13.2 Å². The Balaban J connectivity index is 1.79. The molecule has 0 spiro atoms. The van der Waals surface area contributed by atoms with Crippen LogP contribution in [0, 0.1) is 0 Å². The maximum atomic E-state index is 12.8. The van der Waals surface area contributed by atoms with E-state index in [9.17, 15) is 18.0 Å². The number of carbonyl (C=O) groups excluding carboxylic acids is 2. The van der Waals surface area contributed by atoms with Gasteiger partial charge in [-0.05, 0) is 43.2 Å². The summed E-state index contributed by atoms with van der Waals surface area (Å²) in [6, 6.07) is 11.8. The number of hydrogen-bond acceptors (Lipinski definition) is 6. The molecule has 0 bridgehead atoms. The number of para-hydroxylation sites is 1. The molecular formula is C20H22N2O6S. The van der Waals surface area contributed by atoms with E-state index in [-0.39, 0.29) is 27.8 Å². The van der Waals surface area contributed by atoms with Crippen molar-refractivity contribution >= 4 is 27.6 Å². The van der Waals surface area contributed by atoms with Crippen LogP contribution in [0.4, 0.5) is 5.69 Å². The minimum atomic E-state index is -4.03. The molecule has 0 aliphatic carbocycles. The van der Waals surface area contributed by atoms with Crippen LogP contribution in [0.1, 0.15) is 33.6 Å². The lowest BCUT2D eigenvalue weighted by Gasteiger charge is -2.14. The molecule has 2 aromatic carbocycles. The number of amides is 1. The Bertz CT molecular complexity index is 1000. The standard InChI is InChI=1S/C20H22N2O6S/c1-27-20(24)14-6-4-8-16(12-14)29(25,26)22-18-10-3-2-9-17(18)19(23)21-13-15-7-5-11-28-15/h2-4,6,8-10,12,15,22H,5,7,11,13H2,1H3,(H,21,23)/t15-/m1/s1. The van der Waals surface area contributed by atoms with Gasteiger partial charge in [-0.15, -0.1) is 0 Å². The monoisotopic (exact) mass is 418 g/mol. The van der Waals surface area contributed by atoms with Crippen LogP contribution >= 0.6 is 0 Å². The highest BCUT2D eigenvalue weighted by atomic mass is 32.2. The number of methoxy groups -OCH3 is 1. The molecule has 1 heterocycles. The van der Waals surface area contributed by atoms with E-state index in [0.29, 0.717) is 13.2 Å². The second-order valence-electron chi connectivity index (χ2n) is 6.52. The topological polar surface area (TPSA) is 111 Å². The first-order chi connectivity index (χ1) is 13.9. The molecule has 0 unspecified atom stereocenters. The lowest BCUT2D eigenvalue weighted by atomic mass is 10.1. The van der Waals surface area contributed by atoms with Crippen molar-refractivity contribution in [1.29, 1.82) is 0 Å². The highest BCUT2D eigenvalue weighted by molar-refractivity contribution is 7.92. The van der Waals surface area contributed by atoms with Crippen LogP contribution in [0.2, 0.25) is 0 Å². The van der Waals surface area contributed by atoms with Crippen molar-refractivity contribution in [2.45, 2.75) is 23.8 Å². The van der Waals surface area contributed by atoms with Crippen molar-refractivity contribution in [3.63, 3.8) is 0 Å². The zero-order chi connectivity index (χ0) is 20.9. The molecule has 8 nitrogen and oxygen atoms in total. The average molecular weight is 418 g/mol.